The van der Waals surface area contributed by atoms with Gasteiger partial charge in [-0.3, -0.25) is 4.79 Å². The fraction of sp³-hybridized carbons (Fsp3) is 0.750. The van der Waals surface area contributed by atoms with E-state index in [0.717, 1.165) is 19.3 Å². The van der Waals surface area contributed by atoms with Crippen LogP contribution in [0.4, 0.5) is 0 Å². The predicted octanol–water partition coefficient (Wildman–Crippen LogP) is 7.24. The van der Waals surface area contributed by atoms with Crippen LogP contribution in [0.25, 0.3) is 0 Å². The van der Waals surface area contributed by atoms with Crippen molar-refractivity contribution in [3.63, 3.8) is 0 Å². The monoisotopic (exact) mass is 496 g/mol. The van der Waals surface area contributed by atoms with E-state index < -0.39 is 5.97 Å². The highest BCUT2D eigenvalue weighted by Crippen LogP contribution is 2.70. The van der Waals surface area contributed by atoms with Crippen molar-refractivity contribution < 1.29 is 19.1 Å². The summed E-state index contributed by atoms with van der Waals surface area (Å²) in [6, 6.07) is 0. The molecule has 2 fully saturated rings. The van der Waals surface area contributed by atoms with Crippen LogP contribution in [0.3, 0.4) is 0 Å². The first kappa shape index (κ1) is 27.4. The molecule has 0 saturated heterocycles. The summed E-state index contributed by atoms with van der Waals surface area (Å²) in [5.41, 5.74) is 4.11. The van der Waals surface area contributed by atoms with E-state index in [2.05, 4.69) is 53.7 Å². The van der Waals surface area contributed by atoms with E-state index in [1.165, 1.54) is 32.4 Å². The van der Waals surface area contributed by atoms with Crippen LogP contribution < -0.4 is 0 Å². The lowest BCUT2D eigenvalue weighted by atomic mass is 9.43. The summed E-state index contributed by atoms with van der Waals surface area (Å²) in [4.78, 5) is 24.6. The van der Waals surface area contributed by atoms with Crippen molar-refractivity contribution in [2.75, 3.05) is 14.2 Å². The zero-order valence-electron chi connectivity index (χ0n) is 24.1. The SMILES string of the molecule is COC(=O)/C(C)=C\C(=O)C[C@@H](C)[C@]1(C)CC=C2C3=CCC4C(C)(C)[C@H](OC)CC[C@]4(C)[C@@H]3CC[C@]21C. The zero-order chi connectivity index (χ0) is 26.7. The normalized spacial score (nSPS) is 40.2. The first-order valence-electron chi connectivity index (χ1n) is 14.0. The summed E-state index contributed by atoms with van der Waals surface area (Å²) in [5.74, 6) is 1.04. The van der Waals surface area contributed by atoms with Crippen molar-refractivity contribution in [1.29, 1.82) is 0 Å². The van der Waals surface area contributed by atoms with Crippen LogP contribution in [-0.2, 0) is 19.1 Å². The molecule has 0 amide bonds. The number of carbonyl (C=O) groups is 2. The number of ether oxygens (including phenoxy) is 2. The van der Waals surface area contributed by atoms with Gasteiger partial charge in [-0.25, -0.2) is 4.79 Å². The van der Waals surface area contributed by atoms with E-state index in [-0.39, 0.29) is 27.9 Å². The maximum absolute atomic E-state index is 12.9. The third-order valence-corrected chi connectivity index (χ3v) is 11.8. The zero-order valence-corrected chi connectivity index (χ0v) is 24.1. The van der Waals surface area contributed by atoms with Crippen LogP contribution >= 0.6 is 0 Å². The third-order valence-electron chi connectivity index (χ3n) is 11.8. The number of methoxy groups -OCH3 is 2. The summed E-state index contributed by atoms with van der Waals surface area (Å²) in [6.07, 6.45) is 14.3. The second kappa shape index (κ2) is 9.26. The minimum atomic E-state index is -0.434. The van der Waals surface area contributed by atoms with Gasteiger partial charge in [0.15, 0.2) is 5.78 Å². The molecule has 0 spiro atoms. The Balaban J connectivity index is 1.59. The quantitative estimate of drug-likeness (QED) is 0.287. The fourth-order valence-electron chi connectivity index (χ4n) is 9.15. The summed E-state index contributed by atoms with van der Waals surface area (Å²) < 4.78 is 10.7. The minimum absolute atomic E-state index is 0.0154. The lowest BCUT2D eigenvalue weighted by Crippen LogP contribution is -2.56. The molecule has 0 aliphatic heterocycles. The van der Waals surface area contributed by atoms with Gasteiger partial charge in [0.1, 0.15) is 0 Å². The van der Waals surface area contributed by atoms with E-state index in [1.54, 1.807) is 18.1 Å². The lowest BCUT2D eigenvalue weighted by molar-refractivity contribution is -0.136. The number of fused-ring (bicyclic) bond motifs is 5. The number of allylic oxidation sites excluding steroid dienone is 5. The molecule has 0 aromatic rings. The number of carbonyl (C=O) groups excluding carboxylic acids is 2. The molecule has 4 rings (SSSR count). The van der Waals surface area contributed by atoms with Gasteiger partial charge >= 0.3 is 5.97 Å². The van der Waals surface area contributed by atoms with E-state index in [1.807, 2.05) is 7.11 Å². The molecule has 7 atom stereocenters. The van der Waals surface area contributed by atoms with Gasteiger partial charge in [-0.15, -0.1) is 0 Å². The highest BCUT2D eigenvalue weighted by atomic mass is 16.5. The Labute approximate surface area is 219 Å². The molecule has 4 heteroatoms. The Morgan fingerprint density at radius 1 is 1.08 bits per heavy atom. The van der Waals surface area contributed by atoms with Crippen molar-refractivity contribution in [2.24, 2.45) is 39.4 Å². The Kier molecular flexibility index (Phi) is 7.03. The van der Waals surface area contributed by atoms with Gasteiger partial charge in [-0.05, 0) is 102 Å². The van der Waals surface area contributed by atoms with Crippen LogP contribution in [0.15, 0.2) is 34.9 Å². The Hall–Kier alpha value is -1.68. The highest BCUT2D eigenvalue weighted by Gasteiger charge is 2.62. The summed E-state index contributed by atoms with van der Waals surface area (Å²) in [5, 5.41) is 0. The Bertz CT molecular complexity index is 1020. The number of ketones is 1. The Morgan fingerprint density at radius 2 is 1.78 bits per heavy atom. The molecule has 0 aromatic heterocycles. The molecule has 0 radical (unpaired) electrons. The lowest BCUT2D eigenvalue weighted by Gasteiger charge is -2.62. The largest absolute Gasteiger partial charge is 0.466 e. The van der Waals surface area contributed by atoms with Gasteiger partial charge in [0.2, 0.25) is 0 Å². The molecule has 0 bridgehead atoms. The maximum atomic E-state index is 12.9. The molecule has 0 N–H and O–H groups in total. The van der Waals surface area contributed by atoms with Gasteiger partial charge in [0.25, 0.3) is 0 Å². The second-order valence-electron chi connectivity index (χ2n) is 13.6. The van der Waals surface area contributed by atoms with Gasteiger partial charge in [-0.1, -0.05) is 53.7 Å². The molecule has 4 nitrogen and oxygen atoms in total. The molecule has 0 heterocycles. The first-order chi connectivity index (χ1) is 16.8. The van der Waals surface area contributed by atoms with Crippen molar-refractivity contribution in [3.8, 4) is 0 Å². The molecule has 36 heavy (non-hydrogen) atoms. The highest BCUT2D eigenvalue weighted by molar-refractivity contribution is 5.99. The molecule has 2 saturated carbocycles. The van der Waals surface area contributed by atoms with Crippen molar-refractivity contribution >= 4 is 11.8 Å². The maximum Gasteiger partial charge on any atom is 0.333 e. The average Bonchev–Trinajstić information content (AvgIpc) is 3.10. The number of hydrogen-bond acceptors (Lipinski definition) is 4. The van der Waals surface area contributed by atoms with E-state index in [9.17, 15) is 9.59 Å². The number of esters is 1. The summed E-state index contributed by atoms with van der Waals surface area (Å²) in [6.45, 7) is 16.2. The molecule has 0 aromatic carbocycles. The second-order valence-corrected chi connectivity index (χ2v) is 13.6. The van der Waals surface area contributed by atoms with Crippen LogP contribution in [0.5, 0.6) is 0 Å². The van der Waals surface area contributed by atoms with Gasteiger partial charge in [-0.2, -0.15) is 0 Å². The van der Waals surface area contributed by atoms with Crippen molar-refractivity contribution in [3.05, 3.63) is 34.9 Å². The number of hydrogen-bond donors (Lipinski definition) is 0. The van der Waals surface area contributed by atoms with E-state index in [0.29, 0.717) is 35.3 Å². The molecular formula is C32H48O4. The van der Waals surface area contributed by atoms with Gasteiger partial charge in [0, 0.05) is 19.1 Å². The molecule has 1 unspecified atom stereocenters. The van der Waals surface area contributed by atoms with Crippen LogP contribution in [0.1, 0.15) is 93.4 Å². The first-order valence-corrected chi connectivity index (χ1v) is 14.0. The van der Waals surface area contributed by atoms with E-state index in [4.69, 9.17) is 9.47 Å². The van der Waals surface area contributed by atoms with Crippen molar-refractivity contribution in [2.45, 2.75) is 99.5 Å². The minimum Gasteiger partial charge on any atom is -0.466 e. The summed E-state index contributed by atoms with van der Waals surface area (Å²) >= 11 is 0. The van der Waals surface area contributed by atoms with Crippen LogP contribution in [0.2, 0.25) is 0 Å². The standard InChI is InChI=1S/C32H48O4/c1-20(28(34)36-9)18-22(33)19-21(2)31(6)16-13-25-23-10-11-26-29(3,4)27(35-8)14-15-30(26,5)24(23)12-17-32(25,31)7/h10,13,18,21,24,26-27H,11-12,14-17,19H2,1-9H3/b20-18-/t21-,24-,26?,27-,30-,31+,32-/m1/s1. The predicted molar refractivity (Wildman–Crippen MR) is 144 cm³/mol. The van der Waals surface area contributed by atoms with Crippen LogP contribution in [0, 0.1) is 39.4 Å². The Morgan fingerprint density at radius 3 is 2.42 bits per heavy atom. The summed E-state index contributed by atoms with van der Waals surface area (Å²) in [7, 11) is 3.23. The van der Waals surface area contributed by atoms with Gasteiger partial charge < -0.3 is 9.47 Å². The topological polar surface area (TPSA) is 52.6 Å². The van der Waals surface area contributed by atoms with Crippen molar-refractivity contribution in [1.82, 2.24) is 0 Å². The smallest absolute Gasteiger partial charge is 0.333 e. The third kappa shape index (κ3) is 3.89. The van der Waals surface area contributed by atoms with Gasteiger partial charge in [0.05, 0.1) is 13.2 Å². The average molecular weight is 497 g/mol. The molecule has 4 aliphatic carbocycles. The fourth-order valence-corrected chi connectivity index (χ4v) is 9.15. The van der Waals surface area contributed by atoms with E-state index >= 15 is 0 Å². The van der Waals surface area contributed by atoms with Crippen LogP contribution in [-0.4, -0.2) is 32.1 Å². The molecular weight excluding hydrogens is 448 g/mol. The number of rotatable bonds is 6. The molecule has 200 valence electrons. The molecule has 4 aliphatic rings.